The Morgan fingerprint density at radius 2 is 1.81 bits per heavy atom. The summed E-state index contributed by atoms with van der Waals surface area (Å²) in [5.74, 6) is 1.77. The van der Waals surface area contributed by atoms with Gasteiger partial charge in [0.2, 0.25) is 0 Å². The summed E-state index contributed by atoms with van der Waals surface area (Å²) in [5, 5.41) is 2.79. The van der Waals surface area contributed by atoms with Crippen LogP contribution in [0.3, 0.4) is 0 Å². The molecule has 2 aromatic carbocycles. The zero-order valence-electron chi connectivity index (χ0n) is 15.2. The summed E-state index contributed by atoms with van der Waals surface area (Å²) in [6.07, 6.45) is 0. The monoisotopic (exact) mass is 373 g/mol. The van der Waals surface area contributed by atoms with Gasteiger partial charge < -0.3 is 29.0 Å². The molecule has 0 bridgehead atoms. The van der Waals surface area contributed by atoms with Crippen LogP contribution >= 0.6 is 0 Å². The van der Waals surface area contributed by atoms with Gasteiger partial charge in [-0.2, -0.15) is 0 Å². The number of amides is 1. The molecule has 0 radical (unpaired) electrons. The molecule has 0 aliphatic carbocycles. The van der Waals surface area contributed by atoms with E-state index in [1.807, 2.05) is 30.3 Å². The normalized spacial score (nSPS) is 12.7. The van der Waals surface area contributed by atoms with Crippen LogP contribution in [0.4, 0.5) is 5.69 Å². The topological polar surface area (TPSA) is 75.3 Å². The highest BCUT2D eigenvalue weighted by Gasteiger charge is 2.19. The molecule has 0 saturated carbocycles. The van der Waals surface area contributed by atoms with Crippen LogP contribution in [0.25, 0.3) is 0 Å². The maximum Gasteiger partial charge on any atom is 0.262 e. The standard InChI is InChI=1S/C20H23NO6/c1-23-9-10-24-11-12-25-16-7-5-15(6-8-16)13-26-17-3-2-4-18-20(17)21-19(22)14-27-18/h2-8H,9-14H2,1H3,(H,21,22). The number of rotatable bonds is 10. The Kier molecular flexibility index (Phi) is 6.90. The summed E-state index contributed by atoms with van der Waals surface area (Å²) in [6, 6.07) is 13.1. The van der Waals surface area contributed by atoms with Gasteiger partial charge in [-0.3, -0.25) is 4.79 Å². The number of ether oxygens (including phenoxy) is 5. The fourth-order valence-electron chi connectivity index (χ4n) is 2.50. The molecular formula is C20H23NO6. The lowest BCUT2D eigenvalue weighted by molar-refractivity contribution is -0.118. The zero-order valence-corrected chi connectivity index (χ0v) is 15.2. The summed E-state index contributed by atoms with van der Waals surface area (Å²) >= 11 is 0. The van der Waals surface area contributed by atoms with Crippen molar-refractivity contribution in [2.24, 2.45) is 0 Å². The van der Waals surface area contributed by atoms with Gasteiger partial charge >= 0.3 is 0 Å². The molecule has 1 heterocycles. The highest BCUT2D eigenvalue weighted by Crippen LogP contribution is 2.36. The summed E-state index contributed by atoms with van der Waals surface area (Å²) in [4.78, 5) is 11.5. The van der Waals surface area contributed by atoms with E-state index in [0.717, 1.165) is 11.3 Å². The number of hydrogen-bond donors (Lipinski definition) is 1. The number of methoxy groups -OCH3 is 1. The van der Waals surface area contributed by atoms with E-state index in [4.69, 9.17) is 23.7 Å². The largest absolute Gasteiger partial charge is 0.491 e. The molecule has 7 heteroatoms. The van der Waals surface area contributed by atoms with Crippen LogP contribution in [-0.4, -0.2) is 46.1 Å². The molecule has 144 valence electrons. The molecule has 1 amide bonds. The van der Waals surface area contributed by atoms with E-state index >= 15 is 0 Å². The molecule has 0 spiro atoms. The lowest BCUT2D eigenvalue weighted by atomic mass is 10.2. The van der Waals surface area contributed by atoms with Gasteiger partial charge in [0.25, 0.3) is 5.91 Å². The molecular weight excluding hydrogens is 350 g/mol. The van der Waals surface area contributed by atoms with Crippen molar-refractivity contribution < 1.29 is 28.5 Å². The molecule has 0 aromatic heterocycles. The van der Waals surface area contributed by atoms with Crippen molar-refractivity contribution >= 4 is 11.6 Å². The molecule has 0 unspecified atom stereocenters. The van der Waals surface area contributed by atoms with Crippen molar-refractivity contribution in [2.75, 3.05) is 45.5 Å². The second-order valence-electron chi connectivity index (χ2n) is 5.85. The first kappa shape index (κ1) is 19.0. The van der Waals surface area contributed by atoms with Gasteiger partial charge in [-0.25, -0.2) is 0 Å². The van der Waals surface area contributed by atoms with E-state index in [1.165, 1.54) is 0 Å². The maximum atomic E-state index is 11.5. The third-order valence-electron chi connectivity index (χ3n) is 3.86. The Hall–Kier alpha value is -2.77. The third-order valence-corrected chi connectivity index (χ3v) is 3.86. The zero-order chi connectivity index (χ0) is 18.9. The number of hydrogen-bond acceptors (Lipinski definition) is 6. The molecule has 3 rings (SSSR count). The van der Waals surface area contributed by atoms with Crippen molar-refractivity contribution in [3.63, 3.8) is 0 Å². The summed E-state index contributed by atoms with van der Waals surface area (Å²) in [5.41, 5.74) is 1.56. The van der Waals surface area contributed by atoms with Crippen molar-refractivity contribution in [1.82, 2.24) is 0 Å². The second kappa shape index (κ2) is 9.80. The van der Waals surface area contributed by atoms with Crippen molar-refractivity contribution in [3.8, 4) is 17.2 Å². The van der Waals surface area contributed by atoms with Crippen LogP contribution in [0.15, 0.2) is 42.5 Å². The maximum absolute atomic E-state index is 11.5. The highest BCUT2D eigenvalue weighted by molar-refractivity contribution is 5.97. The average molecular weight is 373 g/mol. The Labute approximate surface area is 158 Å². The third kappa shape index (κ3) is 5.60. The van der Waals surface area contributed by atoms with Gasteiger partial charge in [-0.1, -0.05) is 18.2 Å². The predicted octanol–water partition coefficient (Wildman–Crippen LogP) is 2.64. The van der Waals surface area contributed by atoms with Crippen LogP contribution < -0.4 is 19.5 Å². The lowest BCUT2D eigenvalue weighted by Gasteiger charge is -2.20. The predicted molar refractivity (Wildman–Crippen MR) is 99.5 cm³/mol. The quantitative estimate of drug-likeness (QED) is 0.646. The fourth-order valence-corrected chi connectivity index (χ4v) is 2.50. The van der Waals surface area contributed by atoms with E-state index in [1.54, 1.807) is 19.2 Å². The number of fused-ring (bicyclic) bond motifs is 1. The Bertz CT molecular complexity index is 747. The molecule has 0 saturated heterocycles. The van der Waals surface area contributed by atoms with E-state index in [9.17, 15) is 4.79 Å². The summed E-state index contributed by atoms with van der Waals surface area (Å²) in [6.45, 7) is 2.53. The molecule has 1 aliphatic rings. The van der Waals surface area contributed by atoms with Gasteiger partial charge in [0.1, 0.15) is 36.1 Å². The van der Waals surface area contributed by atoms with Gasteiger partial charge in [-0.15, -0.1) is 0 Å². The Morgan fingerprint density at radius 3 is 2.63 bits per heavy atom. The molecule has 7 nitrogen and oxygen atoms in total. The summed E-state index contributed by atoms with van der Waals surface area (Å²) in [7, 11) is 1.64. The highest BCUT2D eigenvalue weighted by atomic mass is 16.5. The molecule has 1 aliphatic heterocycles. The minimum absolute atomic E-state index is 0.0232. The van der Waals surface area contributed by atoms with Crippen LogP contribution in [0.5, 0.6) is 17.2 Å². The van der Waals surface area contributed by atoms with Gasteiger partial charge in [0, 0.05) is 7.11 Å². The summed E-state index contributed by atoms with van der Waals surface area (Å²) < 4.78 is 27.1. The van der Waals surface area contributed by atoms with Crippen molar-refractivity contribution in [2.45, 2.75) is 6.61 Å². The molecule has 1 N–H and O–H groups in total. The first-order chi connectivity index (χ1) is 13.3. The van der Waals surface area contributed by atoms with Crippen molar-refractivity contribution in [3.05, 3.63) is 48.0 Å². The molecule has 0 atom stereocenters. The van der Waals surface area contributed by atoms with Gasteiger partial charge in [-0.05, 0) is 29.8 Å². The van der Waals surface area contributed by atoms with Crippen LogP contribution in [0.2, 0.25) is 0 Å². The average Bonchev–Trinajstić information content (AvgIpc) is 2.70. The minimum atomic E-state index is -0.189. The number of benzene rings is 2. The first-order valence-corrected chi connectivity index (χ1v) is 8.73. The van der Waals surface area contributed by atoms with E-state index in [2.05, 4.69) is 5.32 Å². The molecule has 0 fully saturated rings. The molecule has 27 heavy (non-hydrogen) atoms. The number of anilines is 1. The Balaban J connectivity index is 1.47. The minimum Gasteiger partial charge on any atom is -0.491 e. The van der Waals surface area contributed by atoms with Crippen molar-refractivity contribution in [1.29, 1.82) is 0 Å². The van der Waals surface area contributed by atoms with Crippen LogP contribution in [0.1, 0.15) is 5.56 Å². The first-order valence-electron chi connectivity index (χ1n) is 8.73. The smallest absolute Gasteiger partial charge is 0.262 e. The SMILES string of the molecule is COCCOCCOc1ccc(COc2cccc3c2NC(=O)CO3)cc1. The van der Waals surface area contributed by atoms with E-state index in [-0.39, 0.29) is 12.5 Å². The van der Waals surface area contributed by atoms with Crippen LogP contribution in [-0.2, 0) is 20.9 Å². The van der Waals surface area contributed by atoms with Gasteiger partial charge in [0.05, 0.1) is 19.8 Å². The lowest BCUT2D eigenvalue weighted by Crippen LogP contribution is -2.25. The second-order valence-corrected chi connectivity index (χ2v) is 5.85. The Morgan fingerprint density at radius 1 is 1.00 bits per heavy atom. The number of carbonyl (C=O) groups is 1. The number of carbonyl (C=O) groups excluding carboxylic acids is 1. The van der Waals surface area contributed by atoms with Crippen LogP contribution in [0, 0.1) is 0 Å². The number of nitrogens with one attached hydrogen (secondary N) is 1. The van der Waals surface area contributed by atoms with E-state index in [0.29, 0.717) is 50.2 Å². The molecule has 2 aromatic rings. The fraction of sp³-hybridized carbons (Fsp3) is 0.350. The number of para-hydroxylation sites is 1. The van der Waals surface area contributed by atoms with E-state index < -0.39 is 0 Å². The van der Waals surface area contributed by atoms with Gasteiger partial charge in [0.15, 0.2) is 6.61 Å².